The number of aromatic nitrogens is 1. The van der Waals surface area contributed by atoms with Gasteiger partial charge in [0.25, 0.3) is 0 Å². The number of nitrogens with two attached hydrogens (primary N) is 1. The summed E-state index contributed by atoms with van der Waals surface area (Å²) in [6, 6.07) is 7.49. The van der Waals surface area contributed by atoms with Crippen LogP contribution in [0.25, 0.3) is 0 Å². The Hall–Kier alpha value is -2.56. The fraction of sp³-hybridized carbons (Fsp3) is 0.250. The molecule has 21 heavy (non-hydrogen) atoms. The largest absolute Gasteiger partial charge is 0.493 e. The van der Waals surface area contributed by atoms with Gasteiger partial charge in [0, 0.05) is 5.69 Å². The van der Waals surface area contributed by atoms with Gasteiger partial charge in [-0.25, -0.2) is 4.98 Å². The van der Waals surface area contributed by atoms with Crippen LogP contribution < -0.4 is 15.2 Å². The van der Waals surface area contributed by atoms with Crippen molar-refractivity contribution in [2.24, 2.45) is 5.73 Å². The maximum absolute atomic E-state index is 7.71. The van der Waals surface area contributed by atoms with Crippen molar-refractivity contribution in [2.45, 2.75) is 20.8 Å². The lowest BCUT2D eigenvalue weighted by atomic mass is 10.1. The van der Waals surface area contributed by atoms with Gasteiger partial charge < -0.3 is 15.2 Å². The zero-order valence-electron chi connectivity index (χ0n) is 12.7. The Labute approximate surface area is 124 Å². The lowest BCUT2D eigenvalue weighted by Crippen LogP contribution is -2.15. The van der Waals surface area contributed by atoms with Gasteiger partial charge in [0.2, 0.25) is 5.88 Å². The van der Waals surface area contributed by atoms with Crippen LogP contribution >= 0.6 is 0 Å². The fourth-order valence-corrected chi connectivity index (χ4v) is 2.17. The lowest BCUT2D eigenvalue weighted by molar-refractivity contribution is 0.373. The number of hydrogen-bond donors (Lipinski definition) is 2. The van der Waals surface area contributed by atoms with Gasteiger partial charge in [0.05, 0.1) is 12.7 Å². The molecule has 0 spiro atoms. The molecule has 0 atom stereocenters. The van der Waals surface area contributed by atoms with Crippen molar-refractivity contribution in [3.8, 4) is 17.4 Å². The monoisotopic (exact) mass is 285 g/mol. The highest BCUT2D eigenvalue weighted by Crippen LogP contribution is 2.33. The van der Waals surface area contributed by atoms with Gasteiger partial charge in [-0.15, -0.1) is 0 Å². The molecular formula is C16H19N3O2. The Kier molecular flexibility index (Phi) is 4.12. The summed E-state index contributed by atoms with van der Waals surface area (Å²) in [4.78, 5) is 4.35. The molecule has 0 aliphatic rings. The van der Waals surface area contributed by atoms with Crippen LogP contribution in [0.15, 0.2) is 24.3 Å². The van der Waals surface area contributed by atoms with Gasteiger partial charge in [-0.1, -0.05) is 6.07 Å². The number of hydrogen-bond acceptors (Lipinski definition) is 4. The van der Waals surface area contributed by atoms with E-state index in [-0.39, 0.29) is 5.84 Å². The van der Waals surface area contributed by atoms with Crippen LogP contribution in [-0.2, 0) is 0 Å². The minimum atomic E-state index is -0.0684. The molecule has 0 saturated heterocycles. The molecule has 0 saturated carbocycles. The van der Waals surface area contributed by atoms with Crippen molar-refractivity contribution in [3.63, 3.8) is 0 Å². The molecule has 0 radical (unpaired) electrons. The summed E-state index contributed by atoms with van der Waals surface area (Å²) < 4.78 is 11.2. The number of rotatable bonds is 4. The van der Waals surface area contributed by atoms with E-state index in [0.717, 1.165) is 16.8 Å². The van der Waals surface area contributed by atoms with Crippen LogP contribution in [-0.4, -0.2) is 17.9 Å². The van der Waals surface area contributed by atoms with E-state index >= 15 is 0 Å². The average Bonchev–Trinajstić information content (AvgIpc) is 2.39. The average molecular weight is 285 g/mol. The van der Waals surface area contributed by atoms with Crippen LogP contribution in [0.4, 0.5) is 0 Å². The molecule has 0 bridgehead atoms. The summed E-state index contributed by atoms with van der Waals surface area (Å²) >= 11 is 0. The predicted octanol–water partition coefficient (Wildman–Crippen LogP) is 3.09. The summed E-state index contributed by atoms with van der Waals surface area (Å²) in [6.45, 7) is 5.73. The van der Waals surface area contributed by atoms with Crippen molar-refractivity contribution in [3.05, 3.63) is 46.6 Å². The molecule has 0 aliphatic carbocycles. The molecule has 1 aromatic heterocycles. The van der Waals surface area contributed by atoms with Gasteiger partial charge in [-0.05, 0) is 50.1 Å². The maximum atomic E-state index is 7.71. The van der Waals surface area contributed by atoms with Gasteiger partial charge >= 0.3 is 0 Å². The molecule has 0 amide bonds. The molecule has 0 aliphatic heterocycles. The summed E-state index contributed by atoms with van der Waals surface area (Å²) in [5.41, 5.74) is 8.88. The molecule has 0 unspecified atom stereocenters. The third-order valence-corrected chi connectivity index (χ3v) is 3.11. The van der Waals surface area contributed by atoms with Crippen molar-refractivity contribution < 1.29 is 9.47 Å². The number of benzene rings is 1. The highest BCUT2D eigenvalue weighted by atomic mass is 16.5. The summed E-state index contributed by atoms with van der Waals surface area (Å²) in [5.74, 6) is 1.41. The first-order valence-electron chi connectivity index (χ1n) is 6.57. The van der Waals surface area contributed by atoms with Crippen LogP contribution in [0.1, 0.15) is 22.4 Å². The van der Waals surface area contributed by atoms with E-state index in [9.17, 15) is 0 Å². The Morgan fingerprint density at radius 3 is 2.48 bits per heavy atom. The van der Waals surface area contributed by atoms with Gasteiger partial charge in [0.1, 0.15) is 5.84 Å². The Balaban J connectivity index is 2.51. The van der Waals surface area contributed by atoms with Crippen molar-refractivity contribution in [1.82, 2.24) is 4.98 Å². The van der Waals surface area contributed by atoms with Gasteiger partial charge in [-0.2, -0.15) is 0 Å². The van der Waals surface area contributed by atoms with E-state index in [0.29, 0.717) is 22.9 Å². The number of amidine groups is 1. The van der Waals surface area contributed by atoms with E-state index in [1.807, 2.05) is 45.0 Å². The number of nitrogen functional groups attached to an aromatic ring is 1. The van der Waals surface area contributed by atoms with E-state index < -0.39 is 0 Å². The number of aryl methyl sites for hydroxylation is 3. The van der Waals surface area contributed by atoms with Crippen LogP contribution in [0.3, 0.4) is 0 Å². The molecule has 1 aromatic carbocycles. The number of nitrogens with zero attached hydrogens (tertiary/aromatic N) is 1. The highest BCUT2D eigenvalue weighted by Gasteiger charge is 2.15. The Bertz CT molecular complexity index is 696. The van der Waals surface area contributed by atoms with Gasteiger partial charge in [0.15, 0.2) is 11.5 Å². The second kappa shape index (κ2) is 5.83. The quantitative estimate of drug-likeness (QED) is 0.668. The first kappa shape index (κ1) is 14.8. The highest BCUT2D eigenvalue weighted by molar-refractivity contribution is 5.98. The molecule has 5 heteroatoms. The molecular weight excluding hydrogens is 266 g/mol. The zero-order chi connectivity index (χ0) is 15.6. The third kappa shape index (κ3) is 3.13. The second-order valence-corrected chi connectivity index (χ2v) is 4.93. The van der Waals surface area contributed by atoms with Crippen LogP contribution in [0.5, 0.6) is 17.4 Å². The topological polar surface area (TPSA) is 81.2 Å². The maximum Gasteiger partial charge on any atom is 0.230 e. The Morgan fingerprint density at radius 2 is 1.86 bits per heavy atom. The summed E-state index contributed by atoms with van der Waals surface area (Å²) in [6.07, 6.45) is 0. The van der Waals surface area contributed by atoms with Crippen molar-refractivity contribution >= 4 is 5.84 Å². The normalized spacial score (nSPS) is 10.3. The number of pyridine rings is 1. The minimum absolute atomic E-state index is 0.0684. The van der Waals surface area contributed by atoms with Gasteiger partial charge in [-0.3, -0.25) is 5.41 Å². The SMILES string of the molecule is COc1cc(C)ccc1Oc1nc(C)cc(C)c1C(=N)N. The molecule has 1 heterocycles. The van der Waals surface area contributed by atoms with E-state index in [4.69, 9.17) is 20.6 Å². The smallest absolute Gasteiger partial charge is 0.230 e. The fourth-order valence-electron chi connectivity index (χ4n) is 2.17. The lowest BCUT2D eigenvalue weighted by Gasteiger charge is -2.15. The molecule has 0 fully saturated rings. The first-order chi connectivity index (χ1) is 9.92. The Morgan fingerprint density at radius 1 is 1.14 bits per heavy atom. The van der Waals surface area contributed by atoms with Crippen LogP contribution in [0.2, 0.25) is 0 Å². The van der Waals surface area contributed by atoms with Crippen LogP contribution in [0, 0.1) is 26.2 Å². The third-order valence-electron chi connectivity index (χ3n) is 3.11. The molecule has 110 valence electrons. The number of nitrogens with one attached hydrogen (secondary N) is 1. The number of ether oxygens (including phenoxy) is 2. The number of methoxy groups -OCH3 is 1. The van der Waals surface area contributed by atoms with E-state index in [2.05, 4.69) is 4.98 Å². The van der Waals surface area contributed by atoms with Crippen molar-refractivity contribution in [1.29, 1.82) is 5.41 Å². The zero-order valence-corrected chi connectivity index (χ0v) is 12.7. The molecule has 2 aromatic rings. The standard InChI is InChI=1S/C16H19N3O2/c1-9-5-6-12(13(7-9)20-4)21-16-14(15(17)18)10(2)8-11(3)19-16/h5-8H,1-4H3,(H3,17,18). The molecule has 5 nitrogen and oxygen atoms in total. The predicted molar refractivity (Wildman–Crippen MR) is 82.5 cm³/mol. The minimum Gasteiger partial charge on any atom is -0.493 e. The summed E-state index contributed by atoms with van der Waals surface area (Å²) in [5, 5.41) is 7.71. The summed E-state index contributed by atoms with van der Waals surface area (Å²) in [7, 11) is 1.59. The van der Waals surface area contributed by atoms with Crippen molar-refractivity contribution in [2.75, 3.05) is 7.11 Å². The first-order valence-corrected chi connectivity index (χ1v) is 6.57. The molecule has 2 rings (SSSR count). The molecule has 3 N–H and O–H groups in total. The van der Waals surface area contributed by atoms with E-state index in [1.54, 1.807) is 7.11 Å². The second-order valence-electron chi connectivity index (χ2n) is 4.93. The van der Waals surface area contributed by atoms with E-state index in [1.165, 1.54) is 0 Å².